The Morgan fingerprint density at radius 2 is 1.96 bits per heavy atom. The van der Waals surface area contributed by atoms with E-state index in [-0.39, 0.29) is 18.3 Å². The number of carbonyl (C=O) groups is 1. The Morgan fingerprint density at radius 3 is 2.56 bits per heavy atom. The summed E-state index contributed by atoms with van der Waals surface area (Å²) < 4.78 is 1.60. The molecule has 0 aliphatic carbocycles. The SMILES string of the molecule is CCNCC1CCN(C(=O)Cc2ccc(-n3cnnn3)cc2)CC1.Cl. The maximum absolute atomic E-state index is 12.5. The van der Waals surface area contributed by atoms with Gasteiger partial charge < -0.3 is 10.2 Å². The number of piperidine rings is 1. The third-order valence-corrected chi connectivity index (χ3v) is 4.56. The summed E-state index contributed by atoms with van der Waals surface area (Å²) in [6.07, 6.45) is 4.19. The highest BCUT2D eigenvalue weighted by molar-refractivity contribution is 5.85. The molecule has 25 heavy (non-hydrogen) atoms. The van der Waals surface area contributed by atoms with Crippen LogP contribution in [0.2, 0.25) is 0 Å². The summed E-state index contributed by atoms with van der Waals surface area (Å²) in [6.45, 7) is 5.95. The smallest absolute Gasteiger partial charge is 0.226 e. The number of likely N-dealkylation sites (tertiary alicyclic amines) is 1. The second-order valence-electron chi connectivity index (χ2n) is 6.23. The molecule has 1 aliphatic rings. The molecule has 8 heteroatoms. The molecular weight excluding hydrogens is 340 g/mol. The van der Waals surface area contributed by atoms with E-state index in [1.54, 1.807) is 11.0 Å². The number of nitrogens with zero attached hydrogens (tertiary/aromatic N) is 5. The van der Waals surface area contributed by atoms with Gasteiger partial charge in [-0.05, 0) is 60.0 Å². The number of nitrogens with one attached hydrogen (secondary N) is 1. The number of hydrogen-bond acceptors (Lipinski definition) is 5. The first kappa shape index (κ1) is 19.3. The molecule has 1 aliphatic heterocycles. The molecule has 7 nitrogen and oxygen atoms in total. The first-order chi connectivity index (χ1) is 11.8. The predicted octanol–water partition coefficient (Wildman–Crippen LogP) is 1.47. The van der Waals surface area contributed by atoms with Gasteiger partial charge in [0.05, 0.1) is 12.1 Å². The topological polar surface area (TPSA) is 75.9 Å². The summed E-state index contributed by atoms with van der Waals surface area (Å²) in [5.74, 6) is 0.914. The van der Waals surface area contributed by atoms with Crippen LogP contribution in [-0.2, 0) is 11.2 Å². The Hall–Kier alpha value is -1.99. The van der Waals surface area contributed by atoms with Crippen LogP contribution in [0.3, 0.4) is 0 Å². The monoisotopic (exact) mass is 364 g/mol. The van der Waals surface area contributed by atoms with Gasteiger partial charge in [-0.3, -0.25) is 4.79 Å². The zero-order valence-electron chi connectivity index (χ0n) is 14.5. The van der Waals surface area contributed by atoms with Gasteiger partial charge in [-0.25, -0.2) is 4.68 Å². The van der Waals surface area contributed by atoms with Crippen LogP contribution in [-0.4, -0.2) is 57.2 Å². The molecule has 136 valence electrons. The van der Waals surface area contributed by atoms with Crippen molar-refractivity contribution in [2.75, 3.05) is 26.2 Å². The molecule has 0 unspecified atom stereocenters. The third kappa shape index (κ3) is 5.24. The number of halogens is 1. The highest BCUT2D eigenvalue weighted by Crippen LogP contribution is 2.18. The lowest BCUT2D eigenvalue weighted by atomic mass is 9.96. The van der Waals surface area contributed by atoms with Crippen molar-refractivity contribution in [1.82, 2.24) is 30.4 Å². The summed E-state index contributed by atoms with van der Waals surface area (Å²) in [6, 6.07) is 7.79. The molecule has 1 aromatic heterocycles. The van der Waals surface area contributed by atoms with E-state index < -0.39 is 0 Å². The van der Waals surface area contributed by atoms with Crippen LogP contribution in [0, 0.1) is 5.92 Å². The van der Waals surface area contributed by atoms with Crippen LogP contribution < -0.4 is 5.32 Å². The molecule has 0 spiro atoms. The Balaban J connectivity index is 0.00000225. The van der Waals surface area contributed by atoms with Crippen molar-refractivity contribution in [3.05, 3.63) is 36.2 Å². The maximum atomic E-state index is 12.5. The van der Waals surface area contributed by atoms with Crippen molar-refractivity contribution < 1.29 is 4.79 Å². The lowest BCUT2D eigenvalue weighted by molar-refractivity contribution is -0.131. The minimum Gasteiger partial charge on any atom is -0.342 e. The van der Waals surface area contributed by atoms with E-state index in [9.17, 15) is 4.79 Å². The largest absolute Gasteiger partial charge is 0.342 e. The fourth-order valence-corrected chi connectivity index (χ4v) is 3.07. The van der Waals surface area contributed by atoms with Crippen molar-refractivity contribution in [3.8, 4) is 5.69 Å². The van der Waals surface area contributed by atoms with E-state index in [2.05, 4.69) is 27.8 Å². The van der Waals surface area contributed by atoms with E-state index in [0.29, 0.717) is 12.3 Å². The predicted molar refractivity (Wildman–Crippen MR) is 98.0 cm³/mol. The zero-order valence-corrected chi connectivity index (χ0v) is 15.3. The number of amides is 1. The van der Waals surface area contributed by atoms with Crippen LogP contribution in [0.15, 0.2) is 30.6 Å². The molecule has 2 aromatic rings. The fourth-order valence-electron chi connectivity index (χ4n) is 3.07. The van der Waals surface area contributed by atoms with Gasteiger partial charge in [-0.15, -0.1) is 17.5 Å². The van der Waals surface area contributed by atoms with E-state index in [1.165, 1.54) is 0 Å². The molecule has 1 aromatic carbocycles. The highest BCUT2D eigenvalue weighted by atomic mass is 35.5. The second kappa shape index (κ2) is 9.48. The number of rotatable bonds is 6. The number of carbonyl (C=O) groups excluding carboxylic acids is 1. The average Bonchev–Trinajstić information content (AvgIpc) is 3.15. The first-order valence-electron chi connectivity index (χ1n) is 8.57. The van der Waals surface area contributed by atoms with E-state index in [4.69, 9.17) is 0 Å². The molecule has 3 rings (SSSR count). The molecular formula is C17H25ClN6O. The lowest BCUT2D eigenvalue weighted by Crippen LogP contribution is -2.41. The van der Waals surface area contributed by atoms with Crippen LogP contribution in [0.4, 0.5) is 0 Å². The summed E-state index contributed by atoms with van der Waals surface area (Å²) in [4.78, 5) is 14.5. The van der Waals surface area contributed by atoms with Gasteiger partial charge in [-0.2, -0.15) is 0 Å². The van der Waals surface area contributed by atoms with Crippen LogP contribution >= 0.6 is 12.4 Å². The molecule has 2 heterocycles. The van der Waals surface area contributed by atoms with E-state index >= 15 is 0 Å². The van der Waals surface area contributed by atoms with E-state index in [1.807, 2.05) is 29.2 Å². The summed E-state index contributed by atoms with van der Waals surface area (Å²) in [7, 11) is 0. The second-order valence-corrected chi connectivity index (χ2v) is 6.23. The van der Waals surface area contributed by atoms with Crippen molar-refractivity contribution in [2.24, 2.45) is 5.92 Å². The summed E-state index contributed by atoms with van der Waals surface area (Å²) >= 11 is 0. The number of hydrogen-bond donors (Lipinski definition) is 1. The van der Waals surface area contributed by atoms with Crippen molar-refractivity contribution in [1.29, 1.82) is 0 Å². The molecule has 0 radical (unpaired) electrons. The molecule has 0 saturated carbocycles. The average molecular weight is 365 g/mol. The lowest BCUT2D eigenvalue weighted by Gasteiger charge is -2.32. The third-order valence-electron chi connectivity index (χ3n) is 4.56. The molecule has 0 atom stereocenters. The number of tetrazole rings is 1. The highest BCUT2D eigenvalue weighted by Gasteiger charge is 2.22. The Bertz CT molecular complexity index is 638. The summed E-state index contributed by atoms with van der Waals surface area (Å²) in [5, 5.41) is 14.5. The minimum atomic E-state index is 0. The molecule has 1 fully saturated rings. The molecule has 0 bridgehead atoms. The Kier molecular flexibility index (Phi) is 7.33. The van der Waals surface area contributed by atoms with Crippen LogP contribution in [0.25, 0.3) is 5.69 Å². The Morgan fingerprint density at radius 1 is 1.24 bits per heavy atom. The fraction of sp³-hybridized carbons (Fsp3) is 0.529. The van der Waals surface area contributed by atoms with Crippen molar-refractivity contribution in [3.63, 3.8) is 0 Å². The van der Waals surface area contributed by atoms with Crippen molar-refractivity contribution >= 4 is 18.3 Å². The number of benzene rings is 1. The van der Waals surface area contributed by atoms with Crippen molar-refractivity contribution in [2.45, 2.75) is 26.2 Å². The van der Waals surface area contributed by atoms with E-state index in [0.717, 1.165) is 50.3 Å². The van der Waals surface area contributed by atoms with Gasteiger partial charge >= 0.3 is 0 Å². The Labute approximate surface area is 154 Å². The first-order valence-corrected chi connectivity index (χ1v) is 8.57. The van der Waals surface area contributed by atoms with Gasteiger partial charge in [0, 0.05) is 13.1 Å². The number of aromatic nitrogens is 4. The van der Waals surface area contributed by atoms with Crippen LogP contribution in [0.5, 0.6) is 0 Å². The minimum absolute atomic E-state index is 0. The zero-order chi connectivity index (χ0) is 16.8. The quantitative estimate of drug-likeness (QED) is 0.840. The van der Waals surface area contributed by atoms with Gasteiger partial charge in [0.1, 0.15) is 6.33 Å². The van der Waals surface area contributed by atoms with Gasteiger partial charge in [0.15, 0.2) is 0 Å². The normalized spacial score (nSPS) is 15.0. The standard InChI is InChI=1S/C17H24N6O.ClH/c1-2-18-12-15-7-9-22(10-8-15)17(24)11-14-3-5-16(6-4-14)23-13-19-20-21-23;/h3-6,13,15,18H,2,7-12H2,1H3;1H. The maximum Gasteiger partial charge on any atom is 0.226 e. The summed E-state index contributed by atoms with van der Waals surface area (Å²) in [5.41, 5.74) is 1.91. The van der Waals surface area contributed by atoms with Crippen LogP contribution in [0.1, 0.15) is 25.3 Å². The molecule has 1 N–H and O–H groups in total. The molecule has 1 amide bonds. The molecule has 1 saturated heterocycles. The van der Waals surface area contributed by atoms with Gasteiger partial charge in [-0.1, -0.05) is 19.1 Å². The van der Waals surface area contributed by atoms with Gasteiger partial charge in [0.2, 0.25) is 5.91 Å². The van der Waals surface area contributed by atoms with Gasteiger partial charge in [0.25, 0.3) is 0 Å².